The first-order valence-electron chi connectivity index (χ1n) is 7.48. The molecule has 0 spiro atoms. The van der Waals surface area contributed by atoms with E-state index in [-0.39, 0.29) is 24.0 Å². The quantitative estimate of drug-likeness (QED) is 0.355. The summed E-state index contributed by atoms with van der Waals surface area (Å²) in [6, 6.07) is 7.52. The van der Waals surface area contributed by atoms with Gasteiger partial charge in [-0.3, -0.25) is 4.99 Å². The molecule has 10 heteroatoms. The fourth-order valence-electron chi connectivity index (χ4n) is 2.18. The Kier molecular flexibility index (Phi) is 9.11. The van der Waals surface area contributed by atoms with E-state index in [1.165, 1.54) is 0 Å². The summed E-state index contributed by atoms with van der Waals surface area (Å²) < 4.78 is 37.6. The lowest BCUT2D eigenvalue weighted by molar-refractivity contribution is -0.140. The number of hydrogen-bond donors (Lipinski definition) is 1. The van der Waals surface area contributed by atoms with Crippen LogP contribution in [0.5, 0.6) is 0 Å². The predicted octanol–water partition coefficient (Wildman–Crippen LogP) is 4.68. The van der Waals surface area contributed by atoms with Gasteiger partial charge >= 0.3 is 6.18 Å². The Balaban J connectivity index is 0.00000338. The van der Waals surface area contributed by atoms with E-state index in [0.717, 1.165) is 22.3 Å². The van der Waals surface area contributed by atoms with Gasteiger partial charge in [-0.25, -0.2) is 4.98 Å². The maximum Gasteiger partial charge on any atom is 0.434 e. The molecule has 26 heavy (non-hydrogen) atoms. The van der Waals surface area contributed by atoms with Crippen LogP contribution in [0, 0.1) is 0 Å². The van der Waals surface area contributed by atoms with Crippen LogP contribution in [0.1, 0.15) is 16.3 Å². The molecule has 0 saturated carbocycles. The third-order valence-corrected chi connectivity index (χ3v) is 4.68. The van der Waals surface area contributed by atoms with Gasteiger partial charge in [0.25, 0.3) is 0 Å². The van der Waals surface area contributed by atoms with Crippen LogP contribution in [-0.2, 0) is 19.1 Å². The van der Waals surface area contributed by atoms with Gasteiger partial charge in [0.1, 0.15) is 0 Å². The van der Waals surface area contributed by atoms with E-state index in [1.807, 2.05) is 36.2 Å². The van der Waals surface area contributed by atoms with E-state index in [0.29, 0.717) is 35.5 Å². The van der Waals surface area contributed by atoms with Crippen molar-refractivity contribution in [2.45, 2.75) is 19.1 Å². The van der Waals surface area contributed by atoms with Gasteiger partial charge in [-0.15, -0.1) is 35.3 Å². The Morgan fingerprint density at radius 3 is 2.62 bits per heavy atom. The highest BCUT2D eigenvalue weighted by molar-refractivity contribution is 14.0. The van der Waals surface area contributed by atoms with Crippen LogP contribution in [0.2, 0.25) is 5.02 Å². The van der Waals surface area contributed by atoms with Crippen molar-refractivity contribution in [1.29, 1.82) is 0 Å². The molecule has 0 unspecified atom stereocenters. The number of halogens is 5. The number of aromatic nitrogens is 1. The van der Waals surface area contributed by atoms with E-state index in [9.17, 15) is 13.2 Å². The van der Waals surface area contributed by atoms with E-state index < -0.39 is 11.9 Å². The molecule has 0 aliphatic rings. The first-order chi connectivity index (χ1) is 11.8. The van der Waals surface area contributed by atoms with Crippen LogP contribution in [0.15, 0.2) is 34.6 Å². The second-order valence-corrected chi connectivity index (χ2v) is 6.65. The van der Waals surface area contributed by atoms with Gasteiger partial charge in [-0.05, 0) is 11.6 Å². The average Bonchev–Trinajstić information content (AvgIpc) is 3.03. The number of nitrogens with one attached hydrogen (secondary N) is 1. The highest BCUT2D eigenvalue weighted by Crippen LogP contribution is 2.30. The van der Waals surface area contributed by atoms with Gasteiger partial charge in [0.2, 0.25) is 0 Å². The molecule has 1 N–H and O–H groups in total. The minimum absolute atomic E-state index is 0. The number of benzene rings is 1. The molecular formula is C16H19ClF3IN4S. The minimum Gasteiger partial charge on any atom is -0.356 e. The molecule has 1 aromatic heterocycles. The van der Waals surface area contributed by atoms with Crippen LogP contribution in [0.3, 0.4) is 0 Å². The average molecular weight is 519 g/mol. The van der Waals surface area contributed by atoms with E-state index in [2.05, 4.69) is 15.3 Å². The Morgan fingerprint density at radius 2 is 2.04 bits per heavy atom. The summed E-state index contributed by atoms with van der Waals surface area (Å²) in [5, 5.41) is 5.27. The highest BCUT2D eigenvalue weighted by Gasteiger charge is 2.33. The molecule has 0 fully saturated rings. The van der Waals surface area contributed by atoms with Crippen LogP contribution < -0.4 is 5.32 Å². The summed E-state index contributed by atoms with van der Waals surface area (Å²) in [6.07, 6.45) is -4.01. The van der Waals surface area contributed by atoms with Crippen molar-refractivity contribution in [1.82, 2.24) is 15.2 Å². The SMILES string of the molecule is CN=C(NCCc1nc(C(F)(F)F)cs1)N(C)Cc1ccccc1Cl.I. The lowest BCUT2D eigenvalue weighted by Gasteiger charge is -2.22. The van der Waals surface area contributed by atoms with Gasteiger partial charge < -0.3 is 10.2 Å². The van der Waals surface area contributed by atoms with Gasteiger partial charge in [0.15, 0.2) is 11.7 Å². The summed E-state index contributed by atoms with van der Waals surface area (Å²) in [5.41, 5.74) is 0.122. The molecule has 144 valence electrons. The Bertz CT molecular complexity index is 736. The zero-order chi connectivity index (χ0) is 18.4. The molecule has 0 aliphatic carbocycles. The van der Waals surface area contributed by atoms with Crippen molar-refractivity contribution in [2.24, 2.45) is 4.99 Å². The van der Waals surface area contributed by atoms with Gasteiger partial charge in [0, 0.05) is 44.0 Å². The topological polar surface area (TPSA) is 40.5 Å². The molecule has 0 radical (unpaired) electrons. The second-order valence-electron chi connectivity index (χ2n) is 5.30. The third-order valence-electron chi connectivity index (χ3n) is 3.40. The first kappa shape index (κ1) is 23.0. The maximum absolute atomic E-state index is 12.5. The molecule has 2 aromatic rings. The Labute approximate surface area is 176 Å². The number of hydrogen-bond acceptors (Lipinski definition) is 3. The monoisotopic (exact) mass is 518 g/mol. The molecule has 1 aromatic carbocycles. The van der Waals surface area contributed by atoms with Crippen molar-refractivity contribution in [2.75, 3.05) is 20.6 Å². The molecule has 0 aliphatic heterocycles. The van der Waals surface area contributed by atoms with Crippen molar-refractivity contribution in [3.63, 3.8) is 0 Å². The van der Waals surface area contributed by atoms with E-state index in [1.54, 1.807) is 7.05 Å². The standard InChI is InChI=1S/C16H18ClF3N4S.HI/c1-21-15(24(2)9-11-5-3-4-6-12(11)17)22-8-7-14-23-13(10-25-14)16(18,19)20;/h3-6,10H,7-9H2,1-2H3,(H,21,22);1H. The summed E-state index contributed by atoms with van der Waals surface area (Å²) in [7, 11) is 3.51. The minimum atomic E-state index is -4.40. The Morgan fingerprint density at radius 1 is 1.35 bits per heavy atom. The predicted molar refractivity (Wildman–Crippen MR) is 111 cm³/mol. The Hall–Kier alpha value is -1.07. The van der Waals surface area contributed by atoms with E-state index >= 15 is 0 Å². The first-order valence-corrected chi connectivity index (χ1v) is 8.74. The zero-order valence-electron chi connectivity index (χ0n) is 14.2. The van der Waals surface area contributed by atoms with Crippen molar-refractivity contribution in [3.05, 3.63) is 50.9 Å². The number of nitrogens with zero attached hydrogens (tertiary/aromatic N) is 3. The summed E-state index contributed by atoms with van der Waals surface area (Å²) >= 11 is 7.16. The summed E-state index contributed by atoms with van der Waals surface area (Å²) in [6.45, 7) is 0.999. The van der Waals surface area contributed by atoms with E-state index in [4.69, 9.17) is 11.6 Å². The van der Waals surface area contributed by atoms with Gasteiger partial charge in [-0.2, -0.15) is 13.2 Å². The lowest BCUT2D eigenvalue weighted by atomic mass is 10.2. The number of thiazole rings is 1. The lowest BCUT2D eigenvalue weighted by Crippen LogP contribution is -2.39. The largest absolute Gasteiger partial charge is 0.434 e. The molecule has 0 atom stereocenters. The van der Waals surface area contributed by atoms with Crippen molar-refractivity contribution in [3.8, 4) is 0 Å². The molecule has 0 saturated heterocycles. The normalized spacial score (nSPS) is 11.8. The molecule has 0 amide bonds. The van der Waals surface area contributed by atoms with Crippen molar-refractivity contribution >= 4 is 52.9 Å². The summed E-state index contributed by atoms with van der Waals surface area (Å²) in [4.78, 5) is 9.68. The van der Waals surface area contributed by atoms with Gasteiger partial charge in [0.05, 0.1) is 5.01 Å². The van der Waals surface area contributed by atoms with Crippen LogP contribution in [-0.4, -0.2) is 36.5 Å². The highest BCUT2D eigenvalue weighted by atomic mass is 127. The summed E-state index contributed by atoms with van der Waals surface area (Å²) in [5.74, 6) is 0.632. The fraction of sp³-hybridized carbons (Fsp3) is 0.375. The second kappa shape index (κ2) is 10.3. The van der Waals surface area contributed by atoms with Crippen LogP contribution in [0.4, 0.5) is 13.2 Å². The molecule has 2 rings (SSSR count). The number of rotatable bonds is 5. The molecule has 0 bridgehead atoms. The molecule has 1 heterocycles. The van der Waals surface area contributed by atoms with Crippen LogP contribution in [0.25, 0.3) is 0 Å². The smallest absolute Gasteiger partial charge is 0.356 e. The zero-order valence-corrected chi connectivity index (χ0v) is 18.1. The van der Waals surface area contributed by atoms with Gasteiger partial charge in [-0.1, -0.05) is 29.8 Å². The van der Waals surface area contributed by atoms with Crippen molar-refractivity contribution < 1.29 is 13.2 Å². The molecule has 4 nitrogen and oxygen atoms in total. The van der Waals surface area contributed by atoms with Crippen LogP contribution >= 0.6 is 46.9 Å². The number of guanidine groups is 1. The number of aliphatic imine (C=N–C) groups is 1. The fourth-order valence-corrected chi connectivity index (χ4v) is 3.18. The maximum atomic E-state index is 12.5. The third kappa shape index (κ3) is 6.58. The number of alkyl halides is 3. The molecular weight excluding hydrogens is 500 g/mol.